The molecule has 0 amide bonds. The summed E-state index contributed by atoms with van der Waals surface area (Å²) in [6, 6.07) is 9.86. The van der Waals surface area contributed by atoms with Crippen LogP contribution in [0.25, 0.3) is 0 Å². The number of rotatable bonds is 2. The summed E-state index contributed by atoms with van der Waals surface area (Å²) in [7, 11) is 0. The summed E-state index contributed by atoms with van der Waals surface area (Å²) >= 11 is 7.78. The van der Waals surface area contributed by atoms with Crippen LogP contribution in [0.5, 0.6) is 0 Å². The maximum absolute atomic E-state index is 5.46. The largest absolute Gasteiger partial charge is 0.448 e. The zero-order valence-electron chi connectivity index (χ0n) is 7.95. The van der Waals surface area contributed by atoms with Gasteiger partial charge in [0.2, 0.25) is 0 Å². The molecule has 1 heterocycles. The fourth-order valence-electron chi connectivity index (χ4n) is 1.12. The Hall–Kier alpha value is 0.110. The second-order valence-electron chi connectivity index (χ2n) is 2.98. The molecule has 0 fully saturated rings. The van der Waals surface area contributed by atoms with Crippen LogP contribution in [-0.4, -0.2) is 6.21 Å². The molecule has 0 saturated heterocycles. The van der Waals surface area contributed by atoms with Gasteiger partial charge in [-0.1, -0.05) is 12.1 Å². The second-order valence-corrected chi connectivity index (χ2v) is 5.98. The molecule has 0 aliphatic rings. The lowest BCUT2D eigenvalue weighted by molar-refractivity contribution is 0.530. The second kappa shape index (κ2) is 5.63. The van der Waals surface area contributed by atoms with Crippen molar-refractivity contribution in [2.24, 2.45) is 4.99 Å². The topological polar surface area (TPSA) is 25.5 Å². The van der Waals surface area contributed by atoms with Crippen LogP contribution in [-0.2, 0) is 0 Å². The first-order valence-electron chi connectivity index (χ1n) is 4.40. The zero-order valence-corrected chi connectivity index (χ0v) is 13.9. The van der Waals surface area contributed by atoms with Crippen molar-refractivity contribution in [3.8, 4) is 0 Å². The molecule has 0 saturated carbocycles. The number of furan rings is 1. The van der Waals surface area contributed by atoms with E-state index in [1.807, 2.05) is 30.3 Å². The molecule has 2 rings (SSSR count). The first-order chi connectivity index (χ1) is 7.66. The monoisotopic (exact) mass is 501 g/mol. The Bertz CT molecular complexity index is 517. The highest BCUT2D eigenvalue weighted by Gasteiger charge is 2.03. The number of hydrogen-bond acceptors (Lipinski definition) is 2. The highest BCUT2D eigenvalue weighted by Crippen LogP contribution is 2.24. The fourth-order valence-corrected chi connectivity index (χ4v) is 2.36. The Balaban J connectivity index is 2.25. The molecule has 5 heteroatoms. The molecule has 1 aromatic heterocycles. The van der Waals surface area contributed by atoms with E-state index in [0.717, 1.165) is 23.3 Å². The van der Waals surface area contributed by atoms with Crippen LogP contribution in [0.3, 0.4) is 0 Å². The smallest absolute Gasteiger partial charge is 0.178 e. The number of halogens is 3. The van der Waals surface area contributed by atoms with Crippen molar-refractivity contribution < 1.29 is 4.42 Å². The lowest BCUT2D eigenvalue weighted by atomic mass is 10.3. The van der Waals surface area contributed by atoms with Gasteiger partial charge in [0.15, 0.2) is 3.77 Å². The van der Waals surface area contributed by atoms with Gasteiger partial charge in [0.1, 0.15) is 5.76 Å². The molecule has 1 aromatic carbocycles. The molecule has 0 bridgehead atoms. The van der Waals surface area contributed by atoms with Gasteiger partial charge in [-0.15, -0.1) is 0 Å². The minimum atomic E-state index is 0.746. The number of benzene rings is 1. The van der Waals surface area contributed by atoms with E-state index in [0.29, 0.717) is 0 Å². The molecule has 0 aliphatic carbocycles. The van der Waals surface area contributed by atoms with E-state index in [4.69, 9.17) is 4.42 Å². The Morgan fingerprint density at radius 1 is 1.25 bits per heavy atom. The Labute approximate surface area is 129 Å². The molecule has 0 spiro atoms. The van der Waals surface area contributed by atoms with Gasteiger partial charge in [0.25, 0.3) is 0 Å². The molecule has 0 N–H and O–H groups in total. The van der Waals surface area contributed by atoms with Crippen LogP contribution in [0.4, 0.5) is 5.69 Å². The zero-order chi connectivity index (χ0) is 11.5. The quantitative estimate of drug-likeness (QED) is 0.420. The van der Waals surface area contributed by atoms with E-state index in [9.17, 15) is 0 Å². The van der Waals surface area contributed by atoms with Crippen molar-refractivity contribution in [1.82, 2.24) is 0 Å². The molecular formula is C11H6BrI2NO. The van der Waals surface area contributed by atoms with Gasteiger partial charge in [0.05, 0.1) is 16.4 Å². The Kier molecular flexibility index (Phi) is 4.42. The highest BCUT2D eigenvalue weighted by molar-refractivity contribution is 14.1. The summed E-state index contributed by atoms with van der Waals surface area (Å²) in [4.78, 5) is 4.38. The summed E-state index contributed by atoms with van der Waals surface area (Å²) in [5.41, 5.74) is 0.950. The molecule has 16 heavy (non-hydrogen) atoms. The third-order valence-corrected chi connectivity index (χ3v) is 4.89. The number of nitrogens with zero attached hydrogens (tertiary/aromatic N) is 1. The molecule has 2 nitrogen and oxygen atoms in total. The maximum atomic E-state index is 5.46. The third kappa shape index (κ3) is 3.07. The fraction of sp³-hybridized carbons (Fsp3) is 0. The van der Waals surface area contributed by atoms with Crippen molar-refractivity contribution in [2.45, 2.75) is 0 Å². The molecule has 0 radical (unpaired) electrons. The average molecular weight is 502 g/mol. The summed E-state index contributed by atoms with van der Waals surface area (Å²) < 4.78 is 8.38. The van der Waals surface area contributed by atoms with Crippen LogP contribution in [0.1, 0.15) is 5.76 Å². The van der Waals surface area contributed by atoms with Crippen molar-refractivity contribution in [3.05, 3.63) is 47.9 Å². The van der Waals surface area contributed by atoms with Gasteiger partial charge in [-0.3, -0.25) is 4.99 Å². The van der Waals surface area contributed by atoms with E-state index in [1.54, 1.807) is 6.21 Å². The van der Waals surface area contributed by atoms with Crippen LogP contribution < -0.4 is 0 Å². The van der Waals surface area contributed by atoms with Crippen molar-refractivity contribution in [3.63, 3.8) is 0 Å². The predicted octanol–water partition coefficient (Wildman–Crippen LogP) is 5.00. The SMILES string of the molecule is Brc1cc(C=Nc2ccccc2I)oc1I. The van der Waals surface area contributed by atoms with Crippen molar-refractivity contribution in [1.29, 1.82) is 0 Å². The van der Waals surface area contributed by atoms with Crippen molar-refractivity contribution in [2.75, 3.05) is 0 Å². The van der Waals surface area contributed by atoms with Crippen LogP contribution >= 0.6 is 61.1 Å². The molecule has 82 valence electrons. The van der Waals surface area contributed by atoms with E-state index >= 15 is 0 Å². The van der Waals surface area contributed by atoms with Gasteiger partial charge in [-0.2, -0.15) is 0 Å². The molecule has 0 atom stereocenters. The van der Waals surface area contributed by atoms with Gasteiger partial charge < -0.3 is 4.42 Å². The Morgan fingerprint density at radius 3 is 2.62 bits per heavy atom. The van der Waals surface area contributed by atoms with Crippen LogP contribution in [0.15, 0.2) is 44.2 Å². The molecular weight excluding hydrogens is 496 g/mol. The molecule has 0 unspecified atom stereocenters. The van der Waals surface area contributed by atoms with E-state index in [2.05, 4.69) is 66.1 Å². The lowest BCUT2D eigenvalue weighted by Gasteiger charge is -1.95. The lowest BCUT2D eigenvalue weighted by Crippen LogP contribution is -1.76. The van der Waals surface area contributed by atoms with E-state index < -0.39 is 0 Å². The van der Waals surface area contributed by atoms with Crippen molar-refractivity contribution >= 4 is 73.0 Å². The minimum absolute atomic E-state index is 0.746. The Morgan fingerprint density at radius 2 is 2.00 bits per heavy atom. The van der Waals surface area contributed by atoms with Crippen LogP contribution in [0, 0.1) is 7.34 Å². The number of aliphatic imine (C=N–C) groups is 1. The maximum Gasteiger partial charge on any atom is 0.178 e. The normalized spacial score (nSPS) is 11.2. The van der Waals surface area contributed by atoms with Gasteiger partial charge in [-0.25, -0.2) is 0 Å². The first-order valence-corrected chi connectivity index (χ1v) is 7.35. The van der Waals surface area contributed by atoms with Crippen LogP contribution in [0.2, 0.25) is 0 Å². The van der Waals surface area contributed by atoms with E-state index in [-0.39, 0.29) is 0 Å². The summed E-state index contributed by atoms with van der Waals surface area (Å²) in [6.45, 7) is 0. The van der Waals surface area contributed by atoms with Gasteiger partial charge in [-0.05, 0) is 50.7 Å². The standard InChI is InChI=1S/C11H6BrI2NO/c12-8-5-7(16-11(8)14)6-15-10-4-2-1-3-9(10)13/h1-6H. The number of hydrogen-bond donors (Lipinski definition) is 0. The third-order valence-electron chi connectivity index (χ3n) is 1.85. The highest BCUT2D eigenvalue weighted by atomic mass is 127. The summed E-state index contributed by atoms with van der Waals surface area (Å²) in [5.74, 6) is 0.746. The molecule has 0 aliphatic heterocycles. The summed E-state index contributed by atoms with van der Waals surface area (Å²) in [6.07, 6.45) is 1.73. The first kappa shape index (κ1) is 12.6. The summed E-state index contributed by atoms with van der Waals surface area (Å²) in [5, 5.41) is 0. The van der Waals surface area contributed by atoms with E-state index in [1.165, 1.54) is 0 Å². The van der Waals surface area contributed by atoms with Gasteiger partial charge >= 0.3 is 0 Å². The minimum Gasteiger partial charge on any atom is -0.448 e. The average Bonchev–Trinajstić information content (AvgIpc) is 2.57. The molecule has 2 aromatic rings. The number of para-hydroxylation sites is 1. The predicted molar refractivity (Wildman–Crippen MR) is 85.5 cm³/mol. The van der Waals surface area contributed by atoms with Gasteiger partial charge in [0, 0.05) is 32.2 Å².